The molecule has 0 radical (unpaired) electrons. The highest BCUT2D eigenvalue weighted by atomic mass is 32.1. The van der Waals surface area contributed by atoms with E-state index in [1.165, 1.54) is 29.1 Å². The van der Waals surface area contributed by atoms with Gasteiger partial charge in [-0.15, -0.1) is 11.3 Å². The number of aromatic amines is 1. The van der Waals surface area contributed by atoms with Crippen molar-refractivity contribution in [2.75, 3.05) is 5.32 Å². The number of aryl methyl sites for hydroxylation is 3. The number of hydrogen-bond donors (Lipinski definition) is 2. The van der Waals surface area contributed by atoms with Gasteiger partial charge in [-0.1, -0.05) is 0 Å². The molecule has 2 heterocycles. The molecule has 0 saturated heterocycles. The molecule has 1 aromatic carbocycles. The number of halogens is 2. The first kappa shape index (κ1) is 19.5. The monoisotopic (exact) mass is 419 g/mol. The molecular formula is C20H19F2N3O3S. The normalized spacial score (nSPS) is 13.5. The molecule has 0 atom stereocenters. The van der Waals surface area contributed by atoms with Crippen LogP contribution in [0.4, 0.5) is 14.5 Å². The third kappa shape index (κ3) is 4.45. The van der Waals surface area contributed by atoms with Gasteiger partial charge in [0.25, 0.3) is 5.56 Å². The molecular weight excluding hydrogens is 400 g/mol. The second-order valence-corrected chi connectivity index (χ2v) is 7.94. The van der Waals surface area contributed by atoms with Crippen molar-refractivity contribution in [3.8, 4) is 5.75 Å². The van der Waals surface area contributed by atoms with Crippen LogP contribution in [0.5, 0.6) is 5.75 Å². The second kappa shape index (κ2) is 8.28. The van der Waals surface area contributed by atoms with Crippen LogP contribution in [-0.4, -0.2) is 22.5 Å². The van der Waals surface area contributed by atoms with Crippen LogP contribution in [0, 0.1) is 0 Å². The lowest BCUT2D eigenvalue weighted by Crippen LogP contribution is -2.16. The van der Waals surface area contributed by atoms with Crippen LogP contribution in [0.25, 0.3) is 10.2 Å². The summed E-state index contributed by atoms with van der Waals surface area (Å²) in [7, 11) is 0. The quantitative estimate of drug-likeness (QED) is 0.632. The Balaban J connectivity index is 1.40. The molecule has 9 heteroatoms. The molecule has 1 aliphatic rings. The van der Waals surface area contributed by atoms with Gasteiger partial charge in [0.05, 0.1) is 5.39 Å². The molecule has 0 fully saturated rings. The number of amides is 1. The highest BCUT2D eigenvalue weighted by Gasteiger charge is 2.19. The number of aromatic nitrogens is 2. The smallest absolute Gasteiger partial charge is 0.387 e. The van der Waals surface area contributed by atoms with Crippen molar-refractivity contribution in [2.45, 2.75) is 45.1 Å². The summed E-state index contributed by atoms with van der Waals surface area (Å²) in [5.74, 6) is 0.240. The van der Waals surface area contributed by atoms with E-state index in [1.807, 2.05) is 0 Å². The Morgan fingerprint density at radius 1 is 1.24 bits per heavy atom. The van der Waals surface area contributed by atoms with Gasteiger partial charge in [-0.05, 0) is 55.5 Å². The minimum absolute atomic E-state index is 0.0201. The number of thiophene rings is 1. The van der Waals surface area contributed by atoms with Gasteiger partial charge in [-0.2, -0.15) is 8.78 Å². The van der Waals surface area contributed by atoms with Crippen molar-refractivity contribution in [2.24, 2.45) is 0 Å². The number of carbonyl (C=O) groups is 1. The third-order valence-electron chi connectivity index (χ3n) is 4.83. The van der Waals surface area contributed by atoms with E-state index >= 15 is 0 Å². The summed E-state index contributed by atoms with van der Waals surface area (Å²) >= 11 is 1.57. The van der Waals surface area contributed by atoms with Gasteiger partial charge in [0.2, 0.25) is 5.91 Å². The topological polar surface area (TPSA) is 84.1 Å². The molecule has 0 saturated carbocycles. The predicted octanol–water partition coefficient (Wildman–Crippen LogP) is 4.04. The zero-order chi connectivity index (χ0) is 20.4. The first-order valence-electron chi connectivity index (χ1n) is 9.38. The molecule has 29 heavy (non-hydrogen) atoms. The molecule has 3 aromatic rings. The van der Waals surface area contributed by atoms with E-state index in [2.05, 4.69) is 20.0 Å². The maximum Gasteiger partial charge on any atom is 0.387 e. The van der Waals surface area contributed by atoms with Crippen LogP contribution in [0.15, 0.2) is 29.1 Å². The Morgan fingerprint density at radius 3 is 2.76 bits per heavy atom. The van der Waals surface area contributed by atoms with Crippen LogP contribution in [0.2, 0.25) is 0 Å². The van der Waals surface area contributed by atoms with Crippen LogP contribution in [0.3, 0.4) is 0 Å². The number of ether oxygens (including phenoxy) is 1. The number of fused-ring (bicyclic) bond motifs is 3. The first-order valence-corrected chi connectivity index (χ1v) is 10.2. The molecule has 152 valence electrons. The highest BCUT2D eigenvalue weighted by Crippen LogP contribution is 2.33. The minimum atomic E-state index is -2.89. The molecule has 0 bridgehead atoms. The van der Waals surface area contributed by atoms with E-state index in [0.29, 0.717) is 23.3 Å². The van der Waals surface area contributed by atoms with Crippen molar-refractivity contribution in [1.82, 2.24) is 9.97 Å². The van der Waals surface area contributed by atoms with Crippen molar-refractivity contribution >= 4 is 33.1 Å². The van der Waals surface area contributed by atoms with E-state index in [1.54, 1.807) is 11.3 Å². The molecule has 0 spiro atoms. The lowest BCUT2D eigenvalue weighted by atomic mass is 9.97. The Hall–Kier alpha value is -2.81. The number of hydrogen-bond acceptors (Lipinski definition) is 5. The predicted molar refractivity (Wildman–Crippen MR) is 107 cm³/mol. The van der Waals surface area contributed by atoms with Crippen molar-refractivity contribution < 1.29 is 18.3 Å². The average molecular weight is 419 g/mol. The fraction of sp³-hybridized carbons (Fsp3) is 0.350. The molecule has 1 aliphatic carbocycles. The number of alkyl halides is 2. The summed E-state index contributed by atoms with van der Waals surface area (Å²) in [6, 6.07) is 5.68. The molecule has 0 aliphatic heterocycles. The van der Waals surface area contributed by atoms with Crippen LogP contribution >= 0.6 is 11.3 Å². The zero-order valence-electron chi connectivity index (χ0n) is 15.5. The number of rotatable bonds is 6. The van der Waals surface area contributed by atoms with Gasteiger partial charge in [0, 0.05) is 23.4 Å². The third-order valence-corrected chi connectivity index (χ3v) is 6.01. The molecule has 4 rings (SSSR count). The second-order valence-electron chi connectivity index (χ2n) is 6.85. The van der Waals surface area contributed by atoms with E-state index in [0.717, 1.165) is 36.1 Å². The molecule has 0 unspecified atom stereocenters. The van der Waals surface area contributed by atoms with E-state index < -0.39 is 6.61 Å². The Labute approximate surface area is 168 Å². The minimum Gasteiger partial charge on any atom is -0.435 e. The lowest BCUT2D eigenvalue weighted by Gasteiger charge is -2.09. The van der Waals surface area contributed by atoms with Crippen molar-refractivity contribution in [3.63, 3.8) is 0 Å². The fourth-order valence-electron chi connectivity index (χ4n) is 3.50. The largest absolute Gasteiger partial charge is 0.435 e. The average Bonchev–Trinajstić information content (AvgIpc) is 3.06. The number of nitrogens with one attached hydrogen (secondary N) is 2. The number of benzene rings is 1. The number of carbonyl (C=O) groups excluding carboxylic acids is 1. The van der Waals surface area contributed by atoms with Crippen LogP contribution in [-0.2, 0) is 24.1 Å². The Morgan fingerprint density at radius 2 is 2.00 bits per heavy atom. The molecule has 2 aromatic heterocycles. The summed E-state index contributed by atoms with van der Waals surface area (Å²) in [6.45, 7) is -2.89. The van der Waals surface area contributed by atoms with Crippen molar-refractivity contribution in [1.29, 1.82) is 0 Å². The summed E-state index contributed by atoms with van der Waals surface area (Å²) < 4.78 is 28.6. The SMILES string of the molecule is O=C(CCc1nc2sc3c(c2c(=O)[nH]1)CCCC3)Nc1ccc(OC(F)F)cc1. The van der Waals surface area contributed by atoms with Crippen LogP contribution < -0.4 is 15.6 Å². The fourth-order valence-corrected chi connectivity index (χ4v) is 4.78. The highest BCUT2D eigenvalue weighted by molar-refractivity contribution is 7.18. The number of nitrogens with zero attached hydrogens (tertiary/aromatic N) is 1. The van der Waals surface area contributed by atoms with Crippen LogP contribution in [0.1, 0.15) is 35.5 Å². The van der Waals surface area contributed by atoms with E-state index in [9.17, 15) is 18.4 Å². The number of H-pyrrole nitrogens is 1. The molecule has 1 amide bonds. The lowest BCUT2D eigenvalue weighted by molar-refractivity contribution is -0.116. The van der Waals surface area contributed by atoms with Gasteiger partial charge in [0.1, 0.15) is 16.4 Å². The summed E-state index contributed by atoms with van der Waals surface area (Å²) in [5, 5.41) is 3.38. The van der Waals surface area contributed by atoms with Gasteiger partial charge >= 0.3 is 6.61 Å². The maximum absolute atomic E-state index is 12.5. The van der Waals surface area contributed by atoms with Gasteiger partial charge in [-0.25, -0.2) is 4.98 Å². The first-order chi connectivity index (χ1) is 14.0. The van der Waals surface area contributed by atoms with Gasteiger partial charge < -0.3 is 15.0 Å². The standard InChI is InChI=1S/C20H19F2N3O3S/c21-20(22)28-12-7-5-11(6-8-12)23-16(26)10-9-15-24-18(27)17-13-3-1-2-4-14(13)29-19(17)25-15/h5-8,20H,1-4,9-10H2,(H,23,26)(H,24,25,27). The summed E-state index contributed by atoms with van der Waals surface area (Å²) in [5.41, 5.74) is 1.47. The van der Waals surface area contributed by atoms with Crippen molar-refractivity contribution in [3.05, 3.63) is 50.9 Å². The van der Waals surface area contributed by atoms with Gasteiger partial charge in [-0.3, -0.25) is 9.59 Å². The summed E-state index contributed by atoms with van der Waals surface area (Å²) in [6.07, 6.45) is 4.58. The molecule has 2 N–H and O–H groups in total. The van der Waals surface area contributed by atoms with Gasteiger partial charge in [0.15, 0.2) is 0 Å². The summed E-state index contributed by atoms with van der Waals surface area (Å²) in [4.78, 5) is 34.0. The Bertz CT molecular complexity index is 1090. The molecule has 6 nitrogen and oxygen atoms in total. The van der Waals surface area contributed by atoms with E-state index in [-0.39, 0.29) is 23.6 Å². The number of anilines is 1. The zero-order valence-corrected chi connectivity index (χ0v) is 16.3. The maximum atomic E-state index is 12.5. The Kier molecular flexibility index (Phi) is 5.57. The van der Waals surface area contributed by atoms with E-state index in [4.69, 9.17) is 0 Å².